The van der Waals surface area contributed by atoms with Gasteiger partial charge in [0.1, 0.15) is 6.61 Å². The van der Waals surface area contributed by atoms with Gasteiger partial charge in [0.25, 0.3) is 0 Å². The van der Waals surface area contributed by atoms with Crippen LogP contribution in [-0.4, -0.2) is 12.6 Å². The van der Waals surface area contributed by atoms with E-state index in [0.717, 1.165) is 25.7 Å². The van der Waals surface area contributed by atoms with Crippen LogP contribution in [0.2, 0.25) is 0 Å². The van der Waals surface area contributed by atoms with E-state index in [1.165, 1.54) is 28.7 Å². The van der Waals surface area contributed by atoms with Gasteiger partial charge in [-0.15, -0.1) is 0 Å². The van der Waals surface area contributed by atoms with Crippen molar-refractivity contribution in [3.8, 4) is 11.1 Å². The lowest BCUT2D eigenvalue weighted by Gasteiger charge is -2.21. The third kappa shape index (κ3) is 2.67. The van der Waals surface area contributed by atoms with Gasteiger partial charge in [0.2, 0.25) is 0 Å². The van der Waals surface area contributed by atoms with Gasteiger partial charge in [0.05, 0.1) is 5.92 Å². The zero-order chi connectivity index (χ0) is 15.6. The molecule has 2 aromatic carbocycles. The van der Waals surface area contributed by atoms with Gasteiger partial charge in [-0.25, -0.2) is 0 Å². The third-order valence-electron chi connectivity index (χ3n) is 5.29. The van der Waals surface area contributed by atoms with Crippen molar-refractivity contribution in [1.82, 2.24) is 0 Å². The van der Waals surface area contributed by atoms with Gasteiger partial charge in [-0.1, -0.05) is 67.8 Å². The molecule has 0 spiro atoms. The van der Waals surface area contributed by atoms with E-state index in [1.54, 1.807) is 0 Å². The first kappa shape index (κ1) is 14.5. The van der Waals surface area contributed by atoms with E-state index in [2.05, 4.69) is 48.5 Å². The molecule has 0 aromatic heterocycles. The van der Waals surface area contributed by atoms with Gasteiger partial charge >= 0.3 is 5.97 Å². The molecule has 1 saturated carbocycles. The Kier molecular flexibility index (Phi) is 3.90. The van der Waals surface area contributed by atoms with Crippen LogP contribution in [0, 0.1) is 5.92 Å². The maximum absolute atomic E-state index is 12.4. The lowest BCUT2D eigenvalue weighted by Crippen LogP contribution is -2.22. The first-order chi connectivity index (χ1) is 11.3. The fourth-order valence-electron chi connectivity index (χ4n) is 4.06. The van der Waals surface area contributed by atoms with E-state index in [9.17, 15) is 4.79 Å². The van der Waals surface area contributed by atoms with Crippen molar-refractivity contribution in [2.45, 2.75) is 38.0 Å². The summed E-state index contributed by atoms with van der Waals surface area (Å²) in [6.45, 7) is 0.462. The molecule has 2 aliphatic rings. The van der Waals surface area contributed by atoms with Crippen LogP contribution in [0.4, 0.5) is 0 Å². The molecule has 2 aliphatic carbocycles. The molecule has 118 valence electrons. The Morgan fingerprint density at radius 2 is 1.43 bits per heavy atom. The Morgan fingerprint density at radius 3 is 2.04 bits per heavy atom. The molecule has 4 rings (SSSR count). The van der Waals surface area contributed by atoms with Gasteiger partial charge in [0.15, 0.2) is 0 Å². The van der Waals surface area contributed by atoms with Gasteiger partial charge in [-0.05, 0) is 35.1 Å². The van der Waals surface area contributed by atoms with Crippen LogP contribution in [0.25, 0.3) is 11.1 Å². The Hall–Kier alpha value is -2.09. The van der Waals surface area contributed by atoms with Crippen molar-refractivity contribution in [3.63, 3.8) is 0 Å². The molecule has 0 aliphatic heterocycles. The average Bonchev–Trinajstić information content (AvgIpc) is 2.94. The molecule has 2 nitrogen and oxygen atoms in total. The first-order valence-corrected chi connectivity index (χ1v) is 8.69. The number of hydrogen-bond donors (Lipinski definition) is 0. The van der Waals surface area contributed by atoms with Crippen LogP contribution in [0.15, 0.2) is 48.5 Å². The number of esters is 1. The van der Waals surface area contributed by atoms with Crippen LogP contribution in [0.3, 0.4) is 0 Å². The minimum atomic E-state index is 0.00608. The number of carbonyl (C=O) groups excluding carboxylic acids is 1. The number of ether oxygens (including phenoxy) is 1. The van der Waals surface area contributed by atoms with Crippen LogP contribution in [-0.2, 0) is 9.53 Å². The van der Waals surface area contributed by atoms with Crippen molar-refractivity contribution in [2.75, 3.05) is 6.61 Å². The Morgan fingerprint density at radius 1 is 0.870 bits per heavy atom. The monoisotopic (exact) mass is 306 g/mol. The highest BCUT2D eigenvalue weighted by Crippen LogP contribution is 2.44. The molecule has 0 saturated heterocycles. The SMILES string of the molecule is O=C(OCC1c2ccccc2-c2ccccc21)C1CCCCC1. The lowest BCUT2D eigenvalue weighted by molar-refractivity contribution is -0.149. The van der Waals surface area contributed by atoms with Crippen molar-refractivity contribution in [1.29, 1.82) is 0 Å². The zero-order valence-electron chi connectivity index (χ0n) is 13.3. The molecular formula is C21H22O2. The van der Waals surface area contributed by atoms with Crippen LogP contribution in [0.5, 0.6) is 0 Å². The highest BCUT2D eigenvalue weighted by atomic mass is 16.5. The summed E-state index contributed by atoms with van der Waals surface area (Å²) in [5, 5.41) is 0. The van der Waals surface area contributed by atoms with Gasteiger partial charge in [-0.3, -0.25) is 4.79 Å². The highest BCUT2D eigenvalue weighted by Gasteiger charge is 2.30. The van der Waals surface area contributed by atoms with E-state index < -0.39 is 0 Å². The number of hydrogen-bond acceptors (Lipinski definition) is 2. The summed E-state index contributed by atoms with van der Waals surface area (Å²) in [5.74, 6) is 0.303. The smallest absolute Gasteiger partial charge is 0.308 e. The quantitative estimate of drug-likeness (QED) is 0.752. The molecule has 0 atom stereocenters. The fraction of sp³-hybridized carbons (Fsp3) is 0.381. The minimum Gasteiger partial charge on any atom is -0.464 e. The van der Waals surface area contributed by atoms with Gasteiger partial charge in [0, 0.05) is 5.92 Å². The van der Waals surface area contributed by atoms with E-state index in [0.29, 0.717) is 6.61 Å². The summed E-state index contributed by atoms with van der Waals surface area (Å²) < 4.78 is 5.74. The standard InChI is InChI=1S/C21H22O2/c22-21(15-8-2-1-3-9-15)23-14-20-18-12-6-4-10-16(18)17-11-5-7-13-19(17)20/h4-7,10-13,15,20H,1-3,8-9,14H2. The first-order valence-electron chi connectivity index (χ1n) is 8.69. The summed E-state index contributed by atoms with van der Waals surface area (Å²) in [6.07, 6.45) is 5.57. The van der Waals surface area contributed by atoms with Gasteiger partial charge in [-0.2, -0.15) is 0 Å². The lowest BCUT2D eigenvalue weighted by atomic mass is 9.89. The number of fused-ring (bicyclic) bond motifs is 3. The summed E-state index contributed by atoms with van der Waals surface area (Å²) in [4.78, 5) is 12.4. The summed E-state index contributed by atoms with van der Waals surface area (Å²) in [7, 11) is 0. The van der Waals surface area contributed by atoms with E-state index in [-0.39, 0.29) is 17.8 Å². The molecule has 0 unspecified atom stereocenters. The number of carbonyl (C=O) groups is 1. The molecule has 0 amide bonds. The van der Waals surface area contributed by atoms with E-state index in [4.69, 9.17) is 4.74 Å². The second-order valence-corrected chi connectivity index (χ2v) is 6.69. The van der Waals surface area contributed by atoms with Crippen molar-refractivity contribution in [2.24, 2.45) is 5.92 Å². The number of rotatable bonds is 3. The normalized spacial score (nSPS) is 17.6. The molecule has 0 heterocycles. The molecule has 2 aromatic rings. The van der Waals surface area contributed by atoms with Crippen LogP contribution < -0.4 is 0 Å². The predicted octanol–water partition coefficient (Wildman–Crippen LogP) is 4.92. The minimum absolute atomic E-state index is 0.00608. The fourth-order valence-corrected chi connectivity index (χ4v) is 4.06. The molecule has 0 radical (unpaired) electrons. The zero-order valence-corrected chi connectivity index (χ0v) is 13.3. The number of benzene rings is 2. The maximum Gasteiger partial charge on any atom is 0.308 e. The topological polar surface area (TPSA) is 26.3 Å². The predicted molar refractivity (Wildman–Crippen MR) is 91.3 cm³/mol. The molecule has 2 heteroatoms. The Bertz CT molecular complexity index is 668. The maximum atomic E-state index is 12.4. The average molecular weight is 306 g/mol. The molecular weight excluding hydrogens is 284 g/mol. The van der Waals surface area contributed by atoms with Crippen LogP contribution in [0.1, 0.15) is 49.1 Å². The largest absolute Gasteiger partial charge is 0.464 e. The highest BCUT2D eigenvalue weighted by molar-refractivity contribution is 5.79. The second kappa shape index (κ2) is 6.19. The molecule has 0 N–H and O–H groups in total. The Labute approximate surface area is 137 Å². The summed E-state index contributed by atoms with van der Waals surface area (Å²) >= 11 is 0. The van der Waals surface area contributed by atoms with Crippen molar-refractivity contribution >= 4 is 5.97 Å². The second-order valence-electron chi connectivity index (χ2n) is 6.69. The Balaban J connectivity index is 1.53. The summed E-state index contributed by atoms with van der Waals surface area (Å²) in [5.41, 5.74) is 5.12. The summed E-state index contributed by atoms with van der Waals surface area (Å²) in [6, 6.07) is 16.9. The van der Waals surface area contributed by atoms with Crippen molar-refractivity contribution < 1.29 is 9.53 Å². The third-order valence-corrected chi connectivity index (χ3v) is 5.29. The van der Waals surface area contributed by atoms with E-state index >= 15 is 0 Å². The molecule has 1 fully saturated rings. The molecule has 0 bridgehead atoms. The van der Waals surface area contributed by atoms with Crippen LogP contribution >= 0.6 is 0 Å². The van der Waals surface area contributed by atoms with Gasteiger partial charge < -0.3 is 4.74 Å². The molecule has 23 heavy (non-hydrogen) atoms. The van der Waals surface area contributed by atoms with E-state index in [1.807, 2.05) is 0 Å². The van der Waals surface area contributed by atoms with Crippen molar-refractivity contribution in [3.05, 3.63) is 59.7 Å².